The molecule has 0 saturated carbocycles. The summed E-state index contributed by atoms with van der Waals surface area (Å²) in [5.41, 5.74) is 1.41. The largest absolute Gasteiger partial charge is 0.296 e. The quantitative estimate of drug-likeness (QED) is 0.690. The van der Waals surface area contributed by atoms with Crippen LogP contribution in [0.4, 0.5) is 0 Å². The Balaban J connectivity index is 1.86. The smallest absolute Gasteiger partial charge is 0.0238 e. The zero-order chi connectivity index (χ0) is 9.80. The summed E-state index contributed by atoms with van der Waals surface area (Å²) >= 11 is 5.75. The molecule has 2 rings (SSSR count). The van der Waals surface area contributed by atoms with Crippen molar-refractivity contribution in [2.75, 3.05) is 12.4 Å². The van der Waals surface area contributed by atoms with E-state index in [4.69, 9.17) is 11.6 Å². The van der Waals surface area contributed by atoms with Gasteiger partial charge in [0.15, 0.2) is 0 Å². The third kappa shape index (κ3) is 2.28. The molecule has 0 N–H and O–H groups in total. The van der Waals surface area contributed by atoms with Crippen molar-refractivity contribution in [2.45, 2.75) is 25.4 Å². The van der Waals surface area contributed by atoms with E-state index in [9.17, 15) is 0 Å². The second-order valence-electron chi connectivity index (χ2n) is 3.88. The molecule has 0 amide bonds. The van der Waals surface area contributed by atoms with Gasteiger partial charge in [0.1, 0.15) is 0 Å². The van der Waals surface area contributed by atoms with Crippen LogP contribution in [0.5, 0.6) is 0 Å². The van der Waals surface area contributed by atoms with Crippen molar-refractivity contribution in [3.8, 4) is 0 Å². The predicted molar refractivity (Wildman–Crippen MR) is 60.6 cm³/mol. The SMILES string of the molecule is ClCCC1CCN1Cc1ccccc1. The highest BCUT2D eigenvalue weighted by atomic mass is 35.5. The maximum Gasteiger partial charge on any atom is 0.0238 e. The molecule has 1 saturated heterocycles. The Morgan fingerprint density at radius 3 is 2.64 bits per heavy atom. The van der Waals surface area contributed by atoms with Gasteiger partial charge in [0, 0.05) is 25.0 Å². The first-order valence-corrected chi connectivity index (χ1v) is 5.77. The second kappa shape index (κ2) is 4.81. The lowest BCUT2D eigenvalue weighted by Gasteiger charge is -2.41. The maximum absolute atomic E-state index is 5.75. The van der Waals surface area contributed by atoms with Crippen LogP contribution >= 0.6 is 11.6 Å². The Bertz CT molecular complexity index is 273. The van der Waals surface area contributed by atoms with Gasteiger partial charge >= 0.3 is 0 Å². The zero-order valence-corrected chi connectivity index (χ0v) is 9.08. The van der Waals surface area contributed by atoms with Crippen LogP contribution in [0.25, 0.3) is 0 Å². The zero-order valence-electron chi connectivity index (χ0n) is 8.32. The van der Waals surface area contributed by atoms with Crippen molar-refractivity contribution in [3.05, 3.63) is 35.9 Å². The van der Waals surface area contributed by atoms with Gasteiger partial charge < -0.3 is 0 Å². The Kier molecular flexibility index (Phi) is 3.44. The van der Waals surface area contributed by atoms with Crippen molar-refractivity contribution >= 4 is 11.6 Å². The summed E-state index contributed by atoms with van der Waals surface area (Å²) in [6, 6.07) is 11.4. The lowest BCUT2D eigenvalue weighted by atomic mass is 9.99. The van der Waals surface area contributed by atoms with Crippen LogP contribution in [-0.4, -0.2) is 23.4 Å². The molecular formula is C12H16ClN. The van der Waals surface area contributed by atoms with Gasteiger partial charge in [-0.05, 0) is 18.4 Å². The highest BCUT2D eigenvalue weighted by Crippen LogP contribution is 2.23. The Labute approximate surface area is 90.7 Å². The van der Waals surface area contributed by atoms with Crippen molar-refractivity contribution in [3.63, 3.8) is 0 Å². The Morgan fingerprint density at radius 2 is 2.07 bits per heavy atom. The summed E-state index contributed by atoms with van der Waals surface area (Å²) in [6.45, 7) is 2.32. The van der Waals surface area contributed by atoms with E-state index in [0.29, 0.717) is 0 Å². The fraction of sp³-hybridized carbons (Fsp3) is 0.500. The highest BCUT2D eigenvalue weighted by molar-refractivity contribution is 6.17. The van der Waals surface area contributed by atoms with Crippen LogP contribution < -0.4 is 0 Å². The molecule has 0 spiro atoms. The van der Waals surface area contributed by atoms with E-state index in [1.165, 1.54) is 18.5 Å². The summed E-state index contributed by atoms with van der Waals surface area (Å²) in [6.07, 6.45) is 2.45. The van der Waals surface area contributed by atoms with Crippen LogP contribution in [-0.2, 0) is 6.54 Å². The molecule has 1 aliphatic heterocycles. The summed E-state index contributed by atoms with van der Waals surface area (Å²) < 4.78 is 0. The molecule has 0 radical (unpaired) electrons. The van der Waals surface area contributed by atoms with Gasteiger partial charge in [0.05, 0.1) is 0 Å². The predicted octanol–water partition coefficient (Wildman–Crippen LogP) is 2.89. The van der Waals surface area contributed by atoms with Gasteiger partial charge in [-0.1, -0.05) is 30.3 Å². The van der Waals surface area contributed by atoms with Gasteiger partial charge in [-0.3, -0.25) is 4.90 Å². The topological polar surface area (TPSA) is 3.24 Å². The lowest BCUT2D eigenvalue weighted by molar-refractivity contribution is 0.0797. The van der Waals surface area contributed by atoms with Crippen LogP contribution in [0.15, 0.2) is 30.3 Å². The number of benzene rings is 1. The fourth-order valence-electron chi connectivity index (χ4n) is 1.97. The normalized spacial score (nSPS) is 21.9. The van der Waals surface area contributed by atoms with Gasteiger partial charge in [-0.15, -0.1) is 11.6 Å². The van der Waals surface area contributed by atoms with Crippen molar-refractivity contribution in [1.29, 1.82) is 0 Å². The van der Waals surface area contributed by atoms with E-state index in [0.717, 1.165) is 24.9 Å². The molecule has 2 heteroatoms. The van der Waals surface area contributed by atoms with E-state index < -0.39 is 0 Å². The number of hydrogen-bond acceptors (Lipinski definition) is 1. The number of likely N-dealkylation sites (tertiary alicyclic amines) is 1. The molecule has 1 heterocycles. The van der Waals surface area contributed by atoms with Crippen molar-refractivity contribution < 1.29 is 0 Å². The molecule has 1 aromatic rings. The first-order chi connectivity index (χ1) is 6.90. The molecule has 1 aromatic carbocycles. The first-order valence-electron chi connectivity index (χ1n) is 5.24. The highest BCUT2D eigenvalue weighted by Gasteiger charge is 2.26. The molecule has 1 aliphatic rings. The second-order valence-corrected chi connectivity index (χ2v) is 4.25. The molecule has 0 bridgehead atoms. The van der Waals surface area contributed by atoms with Crippen LogP contribution in [0.3, 0.4) is 0 Å². The lowest BCUT2D eigenvalue weighted by Crippen LogP contribution is -2.47. The number of halogens is 1. The Morgan fingerprint density at radius 1 is 1.29 bits per heavy atom. The standard InChI is InChI=1S/C12H16ClN/c13-8-6-12-7-9-14(12)10-11-4-2-1-3-5-11/h1-5,12H,6-10H2. The molecular weight excluding hydrogens is 194 g/mol. The van der Waals surface area contributed by atoms with E-state index in [-0.39, 0.29) is 0 Å². The third-order valence-electron chi connectivity index (χ3n) is 2.94. The minimum absolute atomic E-state index is 0.729. The van der Waals surface area contributed by atoms with E-state index in [2.05, 4.69) is 35.2 Å². The summed E-state index contributed by atoms with van der Waals surface area (Å²) in [5.74, 6) is 0.788. The molecule has 1 unspecified atom stereocenters. The number of alkyl halides is 1. The molecule has 1 fully saturated rings. The summed E-state index contributed by atoms with van der Waals surface area (Å²) in [4.78, 5) is 2.51. The van der Waals surface area contributed by atoms with Gasteiger partial charge in [0.2, 0.25) is 0 Å². The molecule has 0 aromatic heterocycles. The number of nitrogens with zero attached hydrogens (tertiary/aromatic N) is 1. The molecule has 0 aliphatic carbocycles. The summed E-state index contributed by atoms with van der Waals surface area (Å²) in [5, 5.41) is 0. The van der Waals surface area contributed by atoms with Gasteiger partial charge in [-0.2, -0.15) is 0 Å². The van der Waals surface area contributed by atoms with E-state index >= 15 is 0 Å². The average Bonchev–Trinajstić information content (AvgIpc) is 2.23. The first kappa shape index (κ1) is 10.0. The van der Waals surface area contributed by atoms with E-state index in [1.807, 2.05) is 0 Å². The molecule has 76 valence electrons. The molecule has 1 nitrogen and oxygen atoms in total. The minimum atomic E-state index is 0.729. The van der Waals surface area contributed by atoms with Crippen LogP contribution in [0.1, 0.15) is 18.4 Å². The fourth-order valence-corrected chi connectivity index (χ4v) is 2.23. The molecule has 14 heavy (non-hydrogen) atoms. The minimum Gasteiger partial charge on any atom is -0.296 e. The average molecular weight is 210 g/mol. The van der Waals surface area contributed by atoms with E-state index in [1.54, 1.807) is 0 Å². The third-order valence-corrected chi connectivity index (χ3v) is 3.15. The number of rotatable bonds is 4. The monoisotopic (exact) mass is 209 g/mol. The van der Waals surface area contributed by atoms with Crippen LogP contribution in [0, 0.1) is 0 Å². The van der Waals surface area contributed by atoms with Crippen LogP contribution in [0.2, 0.25) is 0 Å². The summed E-state index contributed by atoms with van der Waals surface area (Å²) in [7, 11) is 0. The van der Waals surface area contributed by atoms with Crippen molar-refractivity contribution in [2.24, 2.45) is 0 Å². The van der Waals surface area contributed by atoms with Crippen molar-refractivity contribution in [1.82, 2.24) is 4.90 Å². The Hall–Kier alpha value is -0.530. The van der Waals surface area contributed by atoms with Gasteiger partial charge in [0.25, 0.3) is 0 Å². The maximum atomic E-state index is 5.75. The number of hydrogen-bond donors (Lipinski definition) is 0. The molecule has 1 atom stereocenters. The van der Waals surface area contributed by atoms with Gasteiger partial charge in [-0.25, -0.2) is 0 Å².